The number of ether oxygens (including phenoxy) is 6. The third kappa shape index (κ3) is 5.61. The quantitative estimate of drug-likeness (QED) is 0.265. The zero-order valence-corrected chi connectivity index (χ0v) is 27.9. The van der Waals surface area contributed by atoms with Crippen LogP contribution in [0.4, 0.5) is 0 Å². The van der Waals surface area contributed by atoms with Crippen LogP contribution in [0.2, 0.25) is 0 Å². The molecule has 48 heavy (non-hydrogen) atoms. The molecule has 2 bridgehead atoms. The molecule has 1 spiro atoms. The SMILES string of the molecule is COc1ccc2c3c1O[C@H]1C(OC(=O)[C@@H](OC(=O)C[C@H](OC(C)=O)C(=O)OCC(C)C)c4ccccc4)=CC[C@@]4(O)[C@@H](C2)C(C)CC[C@]314. The van der Waals surface area contributed by atoms with Crippen LogP contribution in [0.15, 0.2) is 54.3 Å². The van der Waals surface area contributed by atoms with E-state index < -0.39 is 59.6 Å². The Balaban J connectivity index is 1.28. The molecule has 11 heteroatoms. The molecule has 4 aliphatic rings. The highest BCUT2D eigenvalue weighted by Gasteiger charge is 2.72. The van der Waals surface area contributed by atoms with Gasteiger partial charge >= 0.3 is 23.9 Å². The van der Waals surface area contributed by atoms with E-state index in [4.69, 9.17) is 28.4 Å². The molecule has 0 aromatic heterocycles. The van der Waals surface area contributed by atoms with Crippen molar-refractivity contribution >= 4 is 23.9 Å². The van der Waals surface area contributed by atoms with Crippen LogP contribution in [0, 0.1) is 17.8 Å². The molecule has 2 aromatic carbocycles. The Labute approximate surface area is 279 Å². The van der Waals surface area contributed by atoms with Crippen LogP contribution in [0.3, 0.4) is 0 Å². The Morgan fingerprint density at radius 3 is 2.48 bits per heavy atom. The number of hydrogen-bond donors (Lipinski definition) is 1. The number of rotatable bonds is 11. The first kappa shape index (κ1) is 33.5. The largest absolute Gasteiger partial charge is 0.493 e. The molecule has 1 fully saturated rings. The zero-order valence-electron chi connectivity index (χ0n) is 27.9. The lowest BCUT2D eigenvalue weighted by molar-refractivity contribution is -0.180. The minimum Gasteiger partial charge on any atom is -0.493 e. The van der Waals surface area contributed by atoms with Crippen molar-refractivity contribution in [3.63, 3.8) is 0 Å². The summed E-state index contributed by atoms with van der Waals surface area (Å²) in [5.74, 6) is -1.98. The average molecular weight is 663 g/mol. The third-order valence-corrected chi connectivity index (χ3v) is 10.2. The highest BCUT2D eigenvalue weighted by Crippen LogP contribution is 2.68. The van der Waals surface area contributed by atoms with Gasteiger partial charge in [0.25, 0.3) is 0 Å². The fourth-order valence-corrected chi connectivity index (χ4v) is 8.06. The number of carbonyl (C=O) groups excluding carboxylic acids is 4. The second-order valence-electron chi connectivity index (χ2n) is 13.7. The standard InChI is InChI=1S/C37H42O11/c1-20(2)19-44-34(40)28(45-22(4)38)18-29(39)47-31(23-9-7-6-8-10-23)35(41)46-27-14-16-37(42)25-17-24-11-12-26(43-5)32-30(24)36(37,33(27)48-32)15-13-21(25)3/h6-12,14,20-21,25,28,31,33,42H,13,15-19H2,1-5H3/t21?,25-,28-,31-,33-,36-,37+/m0/s1. The summed E-state index contributed by atoms with van der Waals surface area (Å²) in [4.78, 5) is 51.6. The number of benzene rings is 2. The first-order valence-corrected chi connectivity index (χ1v) is 16.5. The van der Waals surface area contributed by atoms with Gasteiger partial charge in [0.05, 0.1) is 31.2 Å². The minimum atomic E-state index is -1.55. The Morgan fingerprint density at radius 1 is 1.04 bits per heavy atom. The van der Waals surface area contributed by atoms with Gasteiger partial charge in [0, 0.05) is 18.1 Å². The maximum absolute atomic E-state index is 14.0. The molecule has 1 N–H and O–H groups in total. The second kappa shape index (κ2) is 12.9. The number of hydrogen-bond acceptors (Lipinski definition) is 11. The van der Waals surface area contributed by atoms with Gasteiger partial charge in [-0.15, -0.1) is 0 Å². The van der Waals surface area contributed by atoms with Crippen LogP contribution in [-0.2, 0) is 50.0 Å². The van der Waals surface area contributed by atoms with E-state index >= 15 is 0 Å². The first-order chi connectivity index (χ1) is 22.9. The molecule has 11 nitrogen and oxygen atoms in total. The van der Waals surface area contributed by atoms with Crippen LogP contribution < -0.4 is 9.47 Å². The lowest BCUT2D eigenvalue weighted by atomic mass is 9.45. The van der Waals surface area contributed by atoms with Gasteiger partial charge in [-0.1, -0.05) is 57.2 Å². The van der Waals surface area contributed by atoms with Crippen LogP contribution in [0.25, 0.3) is 0 Å². The molecule has 6 rings (SSSR count). The number of aliphatic hydroxyl groups is 1. The minimum absolute atomic E-state index is 0.0153. The Hall–Kier alpha value is -4.38. The van der Waals surface area contributed by atoms with Crippen molar-refractivity contribution in [2.75, 3.05) is 13.7 Å². The molecule has 1 unspecified atom stereocenters. The normalized spacial score (nSPS) is 27.4. The van der Waals surface area contributed by atoms with Crippen molar-refractivity contribution in [2.24, 2.45) is 17.8 Å². The molecule has 1 heterocycles. The topological polar surface area (TPSA) is 144 Å². The van der Waals surface area contributed by atoms with Crippen molar-refractivity contribution in [3.05, 3.63) is 71.0 Å². The van der Waals surface area contributed by atoms with Crippen molar-refractivity contribution in [3.8, 4) is 11.5 Å². The number of esters is 4. The molecule has 256 valence electrons. The molecule has 2 aromatic rings. The summed E-state index contributed by atoms with van der Waals surface area (Å²) >= 11 is 0. The smallest absolute Gasteiger partial charge is 0.357 e. The van der Waals surface area contributed by atoms with E-state index in [1.54, 1.807) is 43.5 Å². The van der Waals surface area contributed by atoms with Gasteiger partial charge in [0.15, 0.2) is 17.6 Å². The van der Waals surface area contributed by atoms with Crippen LogP contribution >= 0.6 is 0 Å². The molecule has 0 radical (unpaired) electrons. The van der Waals surface area contributed by atoms with Gasteiger partial charge in [0.1, 0.15) is 5.76 Å². The van der Waals surface area contributed by atoms with Gasteiger partial charge in [-0.2, -0.15) is 0 Å². The lowest BCUT2D eigenvalue weighted by Gasteiger charge is -2.61. The molecular formula is C37H42O11. The summed E-state index contributed by atoms with van der Waals surface area (Å²) in [6.45, 7) is 7.03. The third-order valence-electron chi connectivity index (χ3n) is 10.2. The van der Waals surface area contributed by atoms with E-state index in [-0.39, 0.29) is 36.5 Å². The Bertz CT molecular complexity index is 1630. The summed E-state index contributed by atoms with van der Waals surface area (Å²) in [5, 5.41) is 12.5. The van der Waals surface area contributed by atoms with Gasteiger partial charge < -0.3 is 33.5 Å². The van der Waals surface area contributed by atoms with Crippen LogP contribution in [0.5, 0.6) is 11.5 Å². The van der Waals surface area contributed by atoms with Crippen LogP contribution in [0.1, 0.15) is 76.2 Å². The van der Waals surface area contributed by atoms with Gasteiger partial charge in [-0.25, -0.2) is 9.59 Å². The Morgan fingerprint density at radius 2 is 1.79 bits per heavy atom. The molecular weight excluding hydrogens is 620 g/mol. The summed E-state index contributed by atoms with van der Waals surface area (Å²) in [7, 11) is 1.56. The average Bonchev–Trinajstić information content (AvgIpc) is 3.41. The zero-order chi connectivity index (χ0) is 34.4. The molecule has 7 atom stereocenters. The van der Waals surface area contributed by atoms with E-state index in [0.717, 1.165) is 24.5 Å². The van der Waals surface area contributed by atoms with E-state index in [1.165, 1.54) is 0 Å². The van der Waals surface area contributed by atoms with Gasteiger partial charge in [0.2, 0.25) is 12.2 Å². The van der Waals surface area contributed by atoms with Crippen molar-refractivity contribution in [1.29, 1.82) is 0 Å². The predicted octanol–water partition coefficient (Wildman–Crippen LogP) is 4.66. The summed E-state index contributed by atoms with van der Waals surface area (Å²) in [6, 6.07) is 12.2. The molecule has 3 aliphatic carbocycles. The highest BCUT2D eigenvalue weighted by molar-refractivity contribution is 5.86. The number of methoxy groups -OCH3 is 1. The highest BCUT2D eigenvalue weighted by atomic mass is 16.6. The van der Waals surface area contributed by atoms with E-state index in [2.05, 4.69) is 6.92 Å². The summed E-state index contributed by atoms with van der Waals surface area (Å²) in [5.41, 5.74) is 0.339. The van der Waals surface area contributed by atoms with Crippen LogP contribution in [-0.4, -0.2) is 60.5 Å². The number of carbonyl (C=O) groups is 4. The van der Waals surface area contributed by atoms with E-state index in [9.17, 15) is 24.3 Å². The van der Waals surface area contributed by atoms with Gasteiger partial charge in [-0.3, -0.25) is 9.59 Å². The summed E-state index contributed by atoms with van der Waals surface area (Å²) in [6.07, 6.45) is -0.433. The first-order valence-electron chi connectivity index (χ1n) is 16.5. The maximum Gasteiger partial charge on any atom is 0.357 e. The molecule has 0 amide bonds. The van der Waals surface area contributed by atoms with Gasteiger partial charge in [-0.05, 0) is 61.1 Å². The molecule has 1 saturated carbocycles. The monoisotopic (exact) mass is 662 g/mol. The fourth-order valence-electron chi connectivity index (χ4n) is 8.06. The molecule has 1 aliphatic heterocycles. The van der Waals surface area contributed by atoms with Crippen molar-refractivity contribution < 1.29 is 52.7 Å². The van der Waals surface area contributed by atoms with Crippen molar-refractivity contribution in [1.82, 2.24) is 0 Å². The Kier molecular flexibility index (Phi) is 9.02. The lowest BCUT2D eigenvalue weighted by Crippen LogP contribution is -2.69. The van der Waals surface area contributed by atoms with E-state index in [1.807, 2.05) is 26.0 Å². The van der Waals surface area contributed by atoms with E-state index in [0.29, 0.717) is 29.9 Å². The maximum atomic E-state index is 14.0. The predicted molar refractivity (Wildman–Crippen MR) is 170 cm³/mol. The molecule has 0 saturated heterocycles. The second-order valence-corrected chi connectivity index (χ2v) is 13.7. The fraction of sp³-hybridized carbons (Fsp3) is 0.514. The van der Waals surface area contributed by atoms with Crippen molar-refractivity contribution in [2.45, 2.75) is 89.1 Å². The summed E-state index contributed by atoms with van der Waals surface area (Å²) < 4.78 is 34.2.